The molecule has 4 rings (SSSR count). The van der Waals surface area contributed by atoms with Gasteiger partial charge in [-0.1, -0.05) is 5.16 Å². The lowest BCUT2D eigenvalue weighted by atomic mass is 10.3. The molecule has 1 aliphatic rings. The average molecular weight is 314 g/mol. The Balaban J connectivity index is 1.47. The van der Waals surface area contributed by atoms with Crippen LogP contribution in [-0.2, 0) is 6.54 Å². The number of rotatable bonds is 3. The van der Waals surface area contributed by atoms with Crippen molar-refractivity contribution < 1.29 is 4.52 Å². The summed E-state index contributed by atoms with van der Waals surface area (Å²) in [7, 11) is 0. The number of aromatic nitrogens is 6. The van der Waals surface area contributed by atoms with E-state index < -0.39 is 0 Å². The minimum absolute atomic E-state index is 0.610. The van der Waals surface area contributed by atoms with Crippen LogP contribution in [0, 0.1) is 6.92 Å². The van der Waals surface area contributed by atoms with Gasteiger partial charge < -0.3 is 9.42 Å². The highest BCUT2D eigenvalue weighted by Crippen LogP contribution is 2.18. The molecule has 1 fully saturated rings. The first kappa shape index (κ1) is 14.1. The van der Waals surface area contributed by atoms with E-state index in [1.54, 1.807) is 12.5 Å². The maximum absolute atomic E-state index is 5.04. The summed E-state index contributed by atoms with van der Waals surface area (Å²) in [6, 6.07) is 0. The van der Waals surface area contributed by atoms with E-state index in [0.29, 0.717) is 12.4 Å². The summed E-state index contributed by atoms with van der Waals surface area (Å²) >= 11 is 0. The van der Waals surface area contributed by atoms with Crippen LogP contribution in [0.4, 0.5) is 5.82 Å². The maximum atomic E-state index is 5.04. The summed E-state index contributed by atoms with van der Waals surface area (Å²) in [6.07, 6.45) is 6.40. The lowest BCUT2D eigenvalue weighted by molar-refractivity contribution is 0.272. The summed E-state index contributed by atoms with van der Waals surface area (Å²) < 4.78 is 6.94. The van der Waals surface area contributed by atoms with Crippen molar-refractivity contribution in [1.82, 2.24) is 34.6 Å². The fourth-order valence-corrected chi connectivity index (χ4v) is 2.91. The molecule has 0 aromatic carbocycles. The molecule has 0 spiro atoms. The third kappa shape index (κ3) is 2.87. The summed E-state index contributed by atoms with van der Waals surface area (Å²) in [5.74, 6) is 2.25. The Kier molecular flexibility index (Phi) is 3.62. The fourth-order valence-electron chi connectivity index (χ4n) is 2.91. The molecule has 0 atom stereocenters. The van der Waals surface area contributed by atoms with Crippen molar-refractivity contribution in [2.24, 2.45) is 0 Å². The van der Waals surface area contributed by atoms with Crippen molar-refractivity contribution >= 4 is 11.5 Å². The van der Waals surface area contributed by atoms with E-state index >= 15 is 0 Å². The zero-order valence-electron chi connectivity index (χ0n) is 13.0. The number of hydrogen-bond donors (Lipinski definition) is 0. The molecule has 0 bridgehead atoms. The van der Waals surface area contributed by atoms with E-state index in [4.69, 9.17) is 4.52 Å². The lowest BCUT2D eigenvalue weighted by Crippen LogP contribution is -2.31. The lowest BCUT2D eigenvalue weighted by Gasteiger charge is -2.22. The number of hydrogen-bond acceptors (Lipinski definition) is 8. The molecule has 120 valence electrons. The molecule has 0 saturated carbocycles. The topological polar surface area (TPSA) is 88.5 Å². The van der Waals surface area contributed by atoms with Gasteiger partial charge in [0.15, 0.2) is 11.6 Å². The Morgan fingerprint density at radius 1 is 1.22 bits per heavy atom. The summed E-state index contributed by atoms with van der Waals surface area (Å²) in [5, 5.41) is 12.1. The Hall–Kier alpha value is -2.55. The molecule has 23 heavy (non-hydrogen) atoms. The van der Waals surface area contributed by atoms with Gasteiger partial charge in [-0.15, -0.1) is 10.2 Å². The van der Waals surface area contributed by atoms with Gasteiger partial charge in [-0.05, 0) is 6.42 Å². The summed E-state index contributed by atoms with van der Waals surface area (Å²) in [4.78, 5) is 13.4. The monoisotopic (exact) mass is 314 g/mol. The van der Waals surface area contributed by atoms with Gasteiger partial charge in [0, 0.05) is 45.5 Å². The Bertz CT molecular complexity index is 797. The van der Waals surface area contributed by atoms with Crippen molar-refractivity contribution in [3.8, 4) is 0 Å². The Morgan fingerprint density at radius 2 is 2.17 bits per heavy atom. The quantitative estimate of drug-likeness (QED) is 0.691. The van der Waals surface area contributed by atoms with Crippen LogP contribution in [0.1, 0.15) is 18.1 Å². The Morgan fingerprint density at radius 3 is 3.04 bits per heavy atom. The molecule has 0 unspecified atom stereocenters. The number of anilines is 1. The van der Waals surface area contributed by atoms with Gasteiger partial charge in [0.05, 0.1) is 6.54 Å². The van der Waals surface area contributed by atoms with Gasteiger partial charge in [0.2, 0.25) is 11.5 Å². The molecular formula is C14H18N8O. The highest BCUT2D eigenvalue weighted by atomic mass is 16.5. The molecule has 0 amide bonds. The first-order valence-corrected chi connectivity index (χ1v) is 7.70. The van der Waals surface area contributed by atoms with Crippen molar-refractivity contribution in [3.05, 3.63) is 30.4 Å². The second kappa shape index (κ2) is 5.92. The standard InChI is InChI=1S/C14H18N8O/c1-11-17-12(19-23-11)9-20-4-2-5-21(8-7-20)13-14-18-16-10-22(14)6-3-15-13/h3,6,10H,2,4-5,7-9H2,1H3. The summed E-state index contributed by atoms with van der Waals surface area (Å²) in [5.41, 5.74) is 0.801. The minimum atomic E-state index is 0.610. The first-order chi connectivity index (χ1) is 11.3. The molecule has 0 aliphatic carbocycles. The smallest absolute Gasteiger partial charge is 0.223 e. The van der Waals surface area contributed by atoms with Crippen molar-refractivity contribution in [2.75, 3.05) is 31.1 Å². The third-order valence-electron chi connectivity index (χ3n) is 4.02. The van der Waals surface area contributed by atoms with Crippen LogP contribution in [0.25, 0.3) is 5.65 Å². The first-order valence-electron chi connectivity index (χ1n) is 7.70. The van der Waals surface area contributed by atoms with Crippen LogP contribution in [0.3, 0.4) is 0 Å². The third-order valence-corrected chi connectivity index (χ3v) is 4.02. The van der Waals surface area contributed by atoms with Crippen LogP contribution in [-0.4, -0.2) is 60.8 Å². The second-order valence-electron chi connectivity index (χ2n) is 5.66. The molecule has 1 aliphatic heterocycles. The van der Waals surface area contributed by atoms with Gasteiger partial charge in [0.1, 0.15) is 6.33 Å². The van der Waals surface area contributed by atoms with E-state index in [0.717, 1.165) is 49.9 Å². The molecule has 0 N–H and O–H groups in total. The van der Waals surface area contributed by atoms with Crippen LogP contribution < -0.4 is 4.90 Å². The summed E-state index contributed by atoms with van der Waals surface area (Å²) in [6.45, 7) is 6.28. The molecular weight excluding hydrogens is 296 g/mol. The van der Waals surface area contributed by atoms with E-state index in [9.17, 15) is 0 Å². The maximum Gasteiger partial charge on any atom is 0.223 e. The number of fused-ring (bicyclic) bond motifs is 1. The second-order valence-corrected chi connectivity index (χ2v) is 5.66. The normalized spacial score (nSPS) is 16.8. The van der Waals surface area contributed by atoms with Crippen molar-refractivity contribution in [1.29, 1.82) is 0 Å². The van der Waals surface area contributed by atoms with E-state index in [2.05, 4.69) is 35.1 Å². The number of aryl methyl sites for hydroxylation is 1. The average Bonchev–Trinajstić information content (AvgIpc) is 3.12. The van der Waals surface area contributed by atoms with Crippen LogP contribution in [0.2, 0.25) is 0 Å². The van der Waals surface area contributed by atoms with Gasteiger partial charge in [-0.3, -0.25) is 9.30 Å². The molecule has 1 saturated heterocycles. The van der Waals surface area contributed by atoms with E-state index in [1.807, 2.05) is 17.5 Å². The van der Waals surface area contributed by atoms with Gasteiger partial charge in [-0.2, -0.15) is 4.98 Å². The van der Waals surface area contributed by atoms with Crippen molar-refractivity contribution in [2.45, 2.75) is 19.9 Å². The van der Waals surface area contributed by atoms with Gasteiger partial charge >= 0.3 is 0 Å². The van der Waals surface area contributed by atoms with Crippen LogP contribution in [0.5, 0.6) is 0 Å². The van der Waals surface area contributed by atoms with Crippen molar-refractivity contribution in [3.63, 3.8) is 0 Å². The van der Waals surface area contributed by atoms with E-state index in [1.165, 1.54) is 0 Å². The van der Waals surface area contributed by atoms with Crippen LogP contribution in [0.15, 0.2) is 23.2 Å². The predicted octanol–water partition coefficient (Wildman–Crippen LogP) is 0.528. The highest BCUT2D eigenvalue weighted by Gasteiger charge is 2.20. The minimum Gasteiger partial charge on any atom is -0.352 e. The van der Waals surface area contributed by atoms with Gasteiger partial charge in [-0.25, -0.2) is 4.98 Å². The largest absolute Gasteiger partial charge is 0.352 e. The molecule has 4 heterocycles. The molecule has 9 nitrogen and oxygen atoms in total. The molecule has 3 aromatic rings. The number of nitrogens with zero attached hydrogens (tertiary/aromatic N) is 8. The molecule has 0 radical (unpaired) electrons. The van der Waals surface area contributed by atoms with E-state index in [-0.39, 0.29) is 0 Å². The Labute approximate surface area is 132 Å². The highest BCUT2D eigenvalue weighted by molar-refractivity contribution is 5.63. The zero-order chi connectivity index (χ0) is 15.6. The molecule has 9 heteroatoms. The molecule has 3 aromatic heterocycles. The fraction of sp³-hybridized carbons (Fsp3) is 0.500. The predicted molar refractivity (Wildman–Crippen MR) is 81.9 cm³/mol. The SMILES string of the molecule is Cc1nc(CN2CCCN(c3nccn4cnnc34)CC2)no1. The van der Waals surface area contributed by atoms with Gasteiger partial charge in [0.25, 0.3) is 0 Å². The van der Waals surface area contributed by atoms with Crippen LogP contribution >= 0.6 is 0 Å². The zero-order valence-corrected chi connectivity index (χ0v) is 13.0.